The van der Waals surface area contributed by atoms with Crippen LogP contribution < -0.4 is 0 Å². The van der Waals surface area contributed by atoms with Crippen molar-refractivity contribution in [2.24, 2.45) is 46.3 Å². The molecule has 0 aromatic rings. The van der Waals surface area contributed by atoms with Crippen LogP contribution in [0.4, 0.5) is 0 Å². The molecule has 0 radical (unpaired) electrons. The molecule has 0 heterocycles. The van der Waals surface area contributed by atoms with Crippen LogP contribution in [0.2, 0.25) is 0 Å². The monoisotopic (exact) mass is 390 g/mol. The minimum atomic E-state index is -0.177. The lowest BCUT2D eigenvalue weighted by Crippen LogP contribution is -2.58. The van der Waals surface area contributed by atoms with Gasteiger partial charge in [-0.1, -0.05) is 33.6 Å². The molecule has 1 N–H and O–H groups in total. The van der Waals surface area contributed by atoms with E-state index < -0.39 is 0 Å². The van der Waals surface area contributed by atoms with Gasteiger partial charge in [-0.3, -0.25) is 4.79 Å². The Morgan fingerprint density at radius 2 is 1.89 bits per heavy atom. The quantitative estimate of drug-likeness (QED) is 0.636. The van der Waals surface area contributed by atoms with Gasteiger partial charge in [-0.25, -0.2) is 0 Å². The fourth-order valence-corrected chi connectivity index (χ4v) is 8.87. The SMILES string of the molecule is COC(=O)CC[C@H](C)[C@H]1CC[C@H]2[C@@H]3CC[C@@H]4CCCC[C@]4(C)[C@H]3C[C@@H](O)[C@]12C. The third kappa shape index (κ3) is 3.06. The summed E-state index contributed by atoms with van der Waals surface area (Å²) < 4.78 is 4.86. The molecule has 9 atom stereocenters. The first-order valence-corrected chi connectivity index (χ1v) is 12.1. The number of methoxy groups -OCH3 is 1. The Hall–Kier alpha value is -0.570. The van der Waals surface area contributed by atoms with Crippen molar-refractivity contribution in [2.45, 2.75) is 97.5 Å². The predicted octanol–water partition coefficient (Wildman–Crippen LogP) is 5.60. The van der Waals surface area contributed by atoms with E-state index in [1.165, 1.54) is 58.5 Å². The van der Waals surface area contributed by atoms with E-state index in [1.807, 2.05) is 0 Å². The highest BCUT2D eigenvalue weighted by atomic mass is 16.5. The van der Waals surface area contributed by atoms with Gasteiger partial charge in [-0.15, -0.1) is 0 Å². The van der Waals surface area contributed by atoms with Crippen LogP contribution in [0.25, 0.3) is 0 Å². The Morgan fingerprint density at radius 1 is 1.11 bits per heavy atom. The van der Waals surface area contributed by atoms with Crippen molar-refractivity contribution in [3.63, 3.8) is 0 Å². The number of carbonyl (C=O) groups excluding carboxylic acids is 1. The molecular weight excluding hydrogens is 348 g/mol. The fraction of sp³-hybridized carbons (Fsp3) is 0.960. The predicted molar refractivity (Wildman–Crippen MR) is 112 cm³/mol. The number of aliphatic hydroxyl groups is 1. The van der Waals surface area contributed by atoms with E-state index in [2.05, 4.69) is 20.8 Å². The van der Waals surface area contributed by atoms with Crippen molar-refractivity contribution in [2.75, 3.05) is 7.11 Å². The van der Waals surface area contributed by atoms with E-state index in [0.29, 0.717) is 29.6 Å². The van der Waals surface area contributed by atoms with E-state index in [1.54, 1.807) is 0 Å². The van der Waals surface area contributed by atoms with Gasteiger partial charge >= 0.3 is 5.97 Å². The molecule has 4 aliphatic rings. The van der Waals surface area contributed by atoms with Crippen molar-refractivity contribution >= 4 is 5.97 Å². The molecule has 0 spiro atoms. The average Bonchev–Trinajstić information content (AvgIpc) is 3.05. The van der Waals surface area contributed by atoms with Crippen molar-refractivity contribution in [1.82, 2.24) is 0 Å². The minimum absolute atomic E-state index is 0.0363. The maximum atomic E-state index is 11.6. The number of fused-ring (bicyclic) bond motifs is 5. The summed E-state index contributed by atoms with van der Waals surface area (Å²) in [6.45, 7) is 7.29. The highest BCUT2D eigenvalue weighted by molar-refractivity contribution is 5.69. The number of carbonyl (C=O) groups is 1. The summed E-state index contributed by atoms with van der Waals surface area (Å²) in [6, 6.07) is 0. The number of aliphatic hydroxyl groups excluding tert-OH is 1. The highest BCUT2D eigenvalue weighted by Crippen LogP contribution is 2.68. The third-order valence-corrected chi connectivity index (χ3v) is 10.5. The van der Waals surface area contributed by atoms with Crippen molar-refractivity contribution < 1.29 is 14.6 Å². The van der Waals surface area contributed by atoms with E-state index in [9.17, 15) is 9.90 Å². The lowest BCUT2D eigenvalue weighted by molar-refractivity contribution is -0.168. The molecular formula is C25H42O3. The van der Waals surface area contributed by atoms with Gasteiger partial charge in [0.15, 0.2) is 0 Å². The fourth-order valence-electron chi connectivity index (χ4n) is 8.87. The molecule has 0 amide bonds. The Kier molecular flexibility index (Phi) is 5.61. The van der Waals surface area contributed by atoms with E-state index >= 15 is 0 Å². The first-order valence-electron chi connectivity index (χ1n) is 12.1. The zero-order valence-corrected chi connectivity index (χ0v) is 18.6. The minimum Gasteiger partial charge on any atom is -0.469 e. The first-order chi connectivity index (χ1) is 13.3. The van der Waals surface area contributed by atoms with Crippen LogP contribution in [0.15, 0.2) is 0 Å². The van der Waals surface area contributed by atoms with Crippen LogP contribution in [-0.4, -0.2) is 24.3 Å². The van der Waals surface area contributed by atoms with Gasteiger partial charge in [0.1, 0.15) is 0 Å². The van der Waals surface area contributed by atoms with Gasteiger partial charge in [0, 0.05) is 6.42 Å². The summed E-state index contributed by atoms with van der Waals surface area (Å²) in [7, 11) is 1.48. The third-order valence-electron chi connectivity index (χ3n) is 10.5. The molecule has 3 nitrogen and oxygen atoms in total. The summed E-state index contributed by atoms with van der Waals surface area (Å²) in [4.78, 5) is 11.6. The molecule has 3 heteroatoms. The van der Waals surface area contributed by atoms with E-state index in [0.717, 1.165) is 30.6 Å². The number of hydrogen-bond acceptors (Lipinski definition) is 3. The van der Waals surface area contributed by atoms with Gasteiger partial charge in [0.2, 0.25) is 0 Å². The topological polar surface area (TPSA) is 46.5 Å². The molecule has 160 valence electrons. The number of rotatable bonds is 4. The van der Waals surface area contributed by atoms with Gasteiger partial charge in [-0.2, -0.15) is 0 Å². The maximum absolute atomic E-state index is 11.6. The van der Waals surface area contributed by atoms with Gasteiger partial charge in [0.25, 0.3) is 0 Å². The molecule has 0 aromatic heterocycles. The summed E-state index contributed by atoms with van der Waals surface area (Å²) in [5.41, 5.74) is 0.507. The Labute approximate surface area is 172 Å². The number of esters is 1. The molecule has 4 aliphatic carbocycles. The largest absolute Gasteiger partial charge is 0.469 e. The summed E-state index contributed by atoms with van der Waals surface area (Å²) in [5, 5.41) is 11.5. The first kappa shape index (κ1) is 20.7. The van der Waals surface area contributed by atoms with Gasteiger partial charge in [-0.05, 0) is 97.7 Å². The lowest BCUT2D eigenvalue weighted by Gasteiger charge is -2.62. The van der Waals surface area contributed by atoms with Gasteiger partial charge in [0.05, 0.1) is 13.2 Å². The standard InChI is InChI=1S/C25H42O3/c1-16(8-13-23(27)28-4)19-11-12-20-18-10-9-17-7-5-6-14-24(17,2)21(18)15-22(26)25(19,20)3/h16-22,26H,5-15H2,1-4H3/t16-,17-,18-,19+,20-,21-,22+,24-,25+/m0/s1. The molecule has 0 bridgehead atoms. The lowest BCUT2D eigenvalue weighted by atomic mass is 9.44. The van der Waals surface area contributed by atoms with Crippen LogP contribution in [0.5, 0.6) is 0 Å². The van der Waals surface area contributed by atoms with Crippen LogP contribution in [0.1, 0.15) is 91.4 Å². The number of ether oxygens (including phenoxy) is 1. The molecule has 4 saturated carbocycles. The van der Waals surface area contributed by atoms with E-state index in [-0.39, 0.29) is 17.5 Å². The molecule has 0 unspecified atom stereocenters. The second-order valence-corrected chi connectivity index (χ2v) is 11.3. The molecule has 4 rings (SSSR count). The van der Waals surface area contributed by atoms with Crippen molar-refractivity contribution in [3.8, 4) is 0 Å². The Balaban J connectivity index is 1.54. The van der Waals surface area contributed by atoms with E-state index in [4.69, 9.17) is 4.74 Å². The van der Waals surface area contributed by atoms with Gasteiger partial charge < -0.3 is 9.84 Å². The molecule has 28 heavy (non-hydrogen) atoms. The zero-order valence-electron chi connectivity index (χ0n) is 18.6. The van der Waals surface area contributed by atoms with Crippen LogP contribution in [-0.2, 0) is 9.53 Å². The smallest absolute Gasteiger partial charge is 0.305 e. The van der Waals surface area contributed by atoms with Crippen molar-refractivity contribution in [3.05, 3.63) is 0 Å². The second kappa shape index (κ2) is 7.60. The molecule has 0 aliphatic heterocycles. The zero-order chi connectivity index (χ0) is 20.1. The summed E-state index contributed by atoms with van der Waals surface area (Å²) in [6.07, 6.45) is 13.2. The molecule has 4 fully saturated rings. The summed E-state index contributed by atoms with van der Waals surface area (Å²) in [5.74, 6) is 4.02. The van der Waals surface area contributed by atoms with Crippen LogP contribution in [0.3, 0.4) is 0 Å². The maximum Gasteiger partial charge on any atom is 0.305 e. The van der Waals surface area contributed by atoms with Crippen LogP contribution >= 0.6 is 0 Å². The number of hydrogen-bond donors (Lipinski definition) is 1. The average molecular weight is 391 g/mol. The summed E-state index contributed by atoms with van der Waals surface area (Å²) >= 11 is 0. The second-order valence-electron chi connectivity index (χ2n) is 11.3. The Bertz CT molecular complexity index is 588. The van der Waals surface area contributed by atoms with Crippen molar-refractivity contribution in [1.29, 1.82) is 0 Å². The Morgan fingerprint density at radius 3 is 2.64 bits per heavy atom. The normalized spacial score (nSPS) is 48.9. The highest BCUT2D eigenvalue weighted by Gasteiger charge is 2.63. The molecule has 0 aromatic carbocycles. The van der Waals surface area contributed by atoms with Crippen LogP contribution in [0, 0.1) is 46.3 Å². The molecule has 0 saturated heterocycles.